The number of aliphatic hydroxyl groups is 1. The van der Waals surface area contributed by atoms with E-state index in [1.54, 1.807) is 6.08 Å². The predicted octanol–water partition coefficient (Wildman–Crippen LogP) is 18.4. The van der Waals surface area contributed by atoms with Gasteiger partial charge in [0.25, 0.3) is 0 Å². The molecule has 0 aromatic heterocycles. The van der Waals surface area contributed by atoms with Gasteiger partial charge in [-0.05, 0) is 44.9 Å². The van der Waals surface area contributed by atoms with E-state index >= 15 is 0 Å². The van der Waals surface area contributed by atoms with E-state index in [4.69, 9.17) is 9.05 Å². The second kappa shape index (κ2) is 51.9. The molecule has 0 bridgehead atoms. The Morgan fingerprint density at radius 2 is 0.783 bits per heavy atom. The quantitative estimate of drug-likeness (QED) is 0.0243. The predicted molar refractivity (Wildman–Crippen MR) is 300 cm³/mol. The Morgan fingerprint density at radius 3 is 1.12 bits per heavy atom. The first kappa shape index (κ1) is 68.0. The van der Waals surface area contributed by atoms with Crippen molar-refractivity contribution in [3.8, 4) is 0 Å². The lowest BCUT2D eigenvalue weighted by Crippen LogP contribution is -2.45. The number of carbonyl (C=O) groups is 1. The molecule has 1 amide bonds. The lowest BCUT2D eigenvalue weighted by atomic mass is 10.0. The molecule has 8 nitrogen and oxygen atoms in total. The molecular weight excluding hydrogens is 876 g/mol. The molecule has 0 aliphatic heterocycles. The van der Waals surface area contributed by atoms with Crippen molar-refractivity contribution in [3.63, 3.8) is 0 Å². The topological polar surface area (TPSA) is 105 Å². The molecule has 69 heavy (non-hydrogen) atoms. The summed E-state index contributed by atoms with van der Waals surface area (Å²) in [4.78, 5) is 23.3. The standard InChI is InChI=1S/C60H119N2O6P/c1-6-8-10-12-14-16-18-20-22-24-26-28-29-30-31-32-33-34-36-38-40-42-44-46-48-50-52-54-60(64)61-58(57-68-69(65,66)67-56-55-62(3,4)5)59(63)53-51-49-47-45-43-41-39-37-35-27-25-23-21-19-17-15-13-11-9-7-2/h30-31,51,53,58-59,63H,6-29,32-50,52,54-57H2,1-5H3,(H-,61,64,65,66)/p+1/b31-30-,53-51+. The van der Waals surface area contributed by atoms with Crippen LogP contribution in [0.25, 0.3) is 0 Å². The van der Waals surface area contributed by atoms with E-state index in [9.17, 15) is 19.4 Å². The summed E-state index contributed by atoms with van der Waals surface area (Å²) in [5.74, 6) is -0.173. The van der Waals surface area contributed by atoms with Crippen LogP contribution in [0.2, 0.25) is 0 Å². The third-order valence-corrected chi connectivity index (χ3v) is 14.9. The summed E-state index contributed by atoms with van der Waals surface area (Å²) in [6.45, 7) is 4.86. The van der Waals surface area contributed by atoms with E-state index in [2.05, 4.69) is 31.3 Å². The molecule has 0 fully saturated rings. The Balaban J connectivity index is 4.15. The normalized spacial score (nSPS) is 14.0. The molecule has 0 saturated heterocycles. The number of aliphatic hydroxyl groups excluding tert-OH is 1. The minimum atomic E-state index is -4.35. The smallest absolute Gasteiger partial charge is 0.387 e. The first-order chi connectivity index (χ1) is 33.5. The molecule has 0 aliphatic carbocycles. The number of hydrogen-bond donors (Lipinski definition) is 3. The van der Waals surface area contributed by atoms with E-state index in [1.165, 1.54) is 244 Å². The molecule has 0 spiro atoms. The zero-order valence-electron chi connectivity index (χ0n) is 46.8. The number of phosphoric acid groups is 1. The SMILES string of the molecule is CCCCCCCCCCCCCC/C=C\CCCCCCCCCCCCCC(=O)NC(COP(=O)(O)OCC[N+](C)(C)C)C(O)/C=C/CCCCCCCCCCCCCCCCCCCC. The van der Waals surface area contributed by atoms with Gasteiger partial charge in [0, 0.05) is 6.42 Å². The number of carbonyl (C=O) groups excluding carboxylic acids is 1. The number of nitrogens with zero attached hydrogens (tertiary/aromatic N) is 1. The van der Waals surface area contributed by atoms with Crippen molar-refractivity contribution in [2.45, 2.75) is 315 Å². The van der Waals surface area contributed by atoms with Crippen molar-refractivity contribution in [2.24, 2.45) is 0 Å². The van der Waals surface area contributed by atoms with Gasteiger partial charge in [-0.2, -0.15) is 0 Å². The second-order valence-corrected chi connectivity index (χ2v) is 23.5. The van der Waals surface area contributed by atoms with E-state index in [1.807, 2.05) is 27.2 Å². The van der Waals surface area contributed by atoms with Crippen molar-refractivity contribution in [3.05, 3.63) is 24.3 Å². The first-order valence-corrected chi connectivity index (χ1v) is 31.7. The Hall–Kier alpha value is -1.02. The van der Waals surface area contributed by atoms with Crippen molar-refractivity contribution >= 4 is 13.7 Å². The second-order valence-electron chi connectivity index (χ2n) is 22.1. The summed E-state index contributed by atoms with van der Waals surface area (Å²) in [5.41, 5.74) is 0. The monoisotopic (exact) mass is 996 g/mol. The average molecular weight is 997 g/mol. The van der Waals surface area contributed by atoms with Crippen LogP contribution in [0, 0.1) is 0 Å². The number of amides is 1. The Morgan fingerprint density at radius 1 is 0.478 bits per heavy atom. The summed E-state index contributed by atoms with van der Waals surface area (Å²) in [5, 5.41) is 14.0. The van der Waals surface area contributed by atoms with E-state index in [0.29, 0.717) is 17.4 Å². The maximum absolute atomic E-state index is 13.0. The molecule has 0 saturated carbocycles. The molecule has 3 atom stereocenters. The largest absolute Gasteiger partial charge is 0.472 e. The number of allylic oxidation sites excluding steroid dienone is 3. The molecule has 0 heterocycles. The van der Waals surface area contributed by atoms with E-state index in [0.717, 1.165) is 38.5 Å². The Kier molecular flexibility index (Phi) is 51.1. The number of hydrogen-bond acceptors (Lipinski definition) is 5. The van der Waals surface area contributed by atoms with Crippen LogP contribution < -0.4 is 5.32 Å². The van der Waals surface area contributed by atoms with Gasteiger partial charge in [0.05, 0.1) is 39.9 Å². The molecule has 0 aromatic carbocycles. The maximum atomic E-state index is 13.0. The number of nitrogens with one attached hydrogen (secondary N) is 1. The van der Waals surface area contributed by atoms with Crippen LogP contribution in [0.4, 0.5) is 0 Å². The molecule has 0 rings (SSSR count). The van der Waals surface area contributed by atoms with Crippen LogP contribution in [0.3, 0.4) is 0 Å². The van der Waals surface area contributed by atoms with Crippen LogP contribution in [-0.2, 0) is 18.4 Å². The summed E-state index contributed by atoms with van der Waals surface area (Å²) >= 11 is 0. The molecule has 0 aliphatic rings. The molecule has 0 aromatic rings. The number of rotatable bonds is 56. The van der Waals surface area contributed by atoms with Gasteiger partial charge in [-0.25, -0.2) is 4.57 Å². The highest BCUT2D eigenvalue weighted by Crippen LogP contribution is 2.43. The molecular formula is C60H120N2O6P+. The van der Waals surface area contributed by atoms with Crippen LogP contribution in [0.15, 0.2) is 24.3 Å². The van der Waals surface area contributed by atoms with Crippen molar-refractivity contribution in [1.82, 2.24) is 5.32 Å². The van der Waals surface area contributed by atoms with Crippen molar-refractivity contribution in [1.29, 1.82) is 0 Å². The lowest BCUT2D eigenvalue weighted by molar-refractivity contribution is -0.870. The third kappa shape index (κ3) is 54.6. The summed E-state index contributed by atoms with van der Waals surface area (Å²) in [6, 6.07) is -0.845. The van der Waals surface area contributed by atoms with Crippen LogP contribution in [0.5, 0.6) is 0 Å². The minimum Gasteiger partial charge on any atom is -0.387 e. The minimum absolute atomic E-state index is 0.0633. The van der Waals surface area contributed by atoms with E-state index < -0.39 is 20.0 Å². The van der Waals surface area contributed by atoms with Crippen LogP contribution in [0.1, 0.15) is 303 Å². The van der Waals surface area contributed by atoms with Crippen LogP contribution >= 0.6 is 7.82 Å². The summed E-state index contributed by atoms with van der Waals surface area (Å²) in [7, 11) is 1.58. The van der Waals surface area contributed by atoms with Gasteiger partial charge in [-0.3, -0.25) is 13.8 Å². The van der Waals surface area contributed by atoms with Gasteiger partial charge in [-0.1, -0.05) is 276 Å². The van der Waals surface area contributed by atoms with E-state index in [-0.39, 0.29) is 19.1 Å². The first-order valence-electron chi connectivity index (χ1n) is 30.2. The van der Waals surface area contributed by atoms with Crippen molar-refractivity contribution in [2.75, 3.05) is 40.9 Å². The van der Waals surface area contributed by atoms with Gasteiger partial charge in [-0.15, -0.1) is 0 Å². The number of phosphoric ester groups is 1. The van der Waals surface area contributed by atoms with Crippen molar-refractivity contribution < 1.29 is 32.9 Å². The fraction of sp³-hybridized carbons (Fsp3) is 0.917. The molecule has 0 radical (unpaired) electrons. The average Bonchev–Trinajstić information content (AvgIpc) is 3.31. The highest BCUT2D eigenvalue weighted by atomic mass is 31.2. The number of likely N-dealkylation sites (N-methyl/N-ethyl adjacent to an activating group) is 1. The van der Waals surface area contributed by atoms with Gasteiger partial charge in [0.15, 0.2) is 0 Å². The lowest BCUT2D eigenvalue weighted by Gasteiger charge is -2.25. The number of unbranched alkanes of at least 4 members (excludes halogenated alkanes) is 41. The van der Waals surface area contributed by atoms with Gasteiger partial charge >= 0.3 is 7.82 Å². The highest BCUT2D eigenvalue weighted by Gasteiger charge is 2.27. The van der Waals surface area contributed by atoms with Gasteiger partial charge in [0.2, 0.25) is 5.91 Å². The zero-order chi connectivity index (χ0) is 50.6. The molecule has 410 valence electrons. The fourth-order valence-corrected chi connectivity index (χ4v) is 9.89. The molecule has 3 unspecified atom stereocenters. The molecule has 3 N–H and O–H groups in total. The van der Waals surface area contributed by atoms with Crippen LogP contribution in [-0.4, -0.2) is 73.4 Å². The van der Waals surface area contributed by atoms with Gasteiger partial charge in [0.1, 0.15) is 13.2 Å². The Labute approximate surface area is 430 Å². The molecule has 9 heteroatoms. The number of quaternary nitrogens is 1. The summed E-state index contributed by atoms with van der Waals surface area (Å²) in [6.07, 6.45) is 65.7. The Bertz CT molecular complexity index is 1170. The fourth-order valence-electron chi connectivity index (χ4n) is 9.16. The van der Waals surface area contributed by atoms with Gasteiger partial charge < -0.3 is 19.8 Å². The zero-order valence-corrected chi connectivity index (χ0v) is 47.7. The third-order valence-electron chi connectivity index (χ3n) is 13.9. The maximum Gasteiger partial charge on any atom is 0.472 e. The summed E-state index contributed by atoms with van der Waals surface area (Å²) < 4.78 is 23.7. The highest BCUT2D eigenvalue weighted by molar-refractivity contribution is 7.47.